The molecule has 5 nitrogen and oxygen atoms in total. The van der Waals surface area contributed by atoms with Crippen molar-refractivity contribution in [1.29, 1.82) is 0 Å². The molecule has 1 aromatic heterocycles. The van der Waals surface area contributed by atoms with Crippen molar-refractivity contribution in [3.8, 4) is 5.75 Å². The van der Waals surface area contributed by atoms with Crippen LogP contribution in [0.25, 0.3) is 0 Å². The molecule has 0 radical (unpaired) electrons. The van der Waals surface area contributed by atoms with Gasteiger partial charge < -0.3 is 14.6 Å². The van der Waals surface area contributed by atoms with Gasteiger partial charge >= 0.3 is 0 Å². The molecule has 20 heavy (non-hydrogen) atoms. The molecular weight excluding hydrogens is 324 g/mol. The van der Waals surface area contributed by atoms with Gasteiger partial charge in [-0.25, -0.2) is 0 Å². The lowest BCUT2D eigenvalue weighted by atomic mass is 10.2. The van der Waals surface area contributed by atoms with Gasteiger partial charge in [0.15, 0.2) is 6.10 Å². The van der Waals surface area contributed by atoms with Gasteiger partial charge in [-0.3, -0.25) is 4.79 Å². The lowest BCUT2D eigenvalue weighted by Gasteiger charge is -2.18. The average Bonchev–Trinajstić information content (AvgIpc) is 2.95. The highest BCUT2D eigenvalue weighted by Gasteiger charge is 2.19. The fraction of sp³-hybridized carbons (Fsp3) is 0.286. The van der Waals surface area contributed by atoms with Crippen LogP contribution in [0.2, 0.25) is 0 Å². The van der Waals surface area contributed by atoms with Crippen molar-refractivity contribution >= 4 is 21.8 Å². The summed E-state index contributed by atoms with van der Waals surface area (Å²) in [6.45, 7) is 3.53. The van der Waals surface area contributed by atoms with Crippen LogP contribution >= 0.6 is 15.9 Å². The Balaban J connectivity index is 1.94. The Labute approximate surface area is 125 Å². The second-order valence-electron chi connectivity index (χ2n) is 4.35. The normalized spacial score (nSPS) is 13.6. The minimum absolute atomic E-state index is 0.212. The van der Waals surface area contributed by atoms with Gasteiger partial charge in [-0.1, -0.05) is 17.3 Å². The van der Waals surface area contributed by atoms with E-state index in [0.29, 0.717) is 11.4 Å². The van der Waals surface area contributed by atoms with Crippen LogP contribution in [0.3, 0.4) is 0 Å². The van der Waals surface area contributed by atoms with Crippen LogP contribution < -0.4 is 10.1 Å². The molecule has 2 rings (SSSR count). The number of ether oxygens (including phenoxy) is 1. The Morgan fingerprint density at radius 2 is 2.10 bits per heavy atom. The van der Waals surface area contributed by atoms with E-state index < -0.39 is 6.10 Å². The predicted molar refractivity (Wildman–Crippen MR) is 77.3 cm³/mol. The van der Waals surface area contributed by atoms with Crippen LogP contribution in [-0.2, 0) is 4.79 Å². The van der Waals surface area contributed by atoms with Crippen LogP contribution in [0.5, 0.6) is 5.75 Å². The number of carbonyl (C=O) groups excluding carboxylic acids is 1. The predicted octanol–water partition coefficient (Wildman–Crippen LogP) is 3.08. The van der Waals surface area contributed by atoms with Crippen molar-refractivity contribution in [3.63, 3.8) is 0 Å². The molecule has 0 unspecified atom stereocenters. The van der Waals surface area contributed by atoms with Crippen LogP contribution in [-0.4, -0.2) is 17.2 Å². The van der Waals surface area contributed by atoms with Crippen molar-refractivity contribution in [2.75, 3.05) is 0 Å². The molecule has 2 atom stereocenters. The summed E-state index contributed by atoms with van der Waals surface area (Å²) < 4.78 is 11.2. The molecule has 0 aliphatic rings. The number of rotatable bonds is 5. The fourth-order valence-corrected chi connectivity index (χ4v) is 2.01. The summed E-state index contributed by atoms with van der Waals surface area (Å²) in [5.74, 6) is 0.417. The summed E-state index contributed by atoms with van der Waals surface area (Å²) in [4.78, 5) is 12.1. The Morgan fingerprint density at radius 1 is 1.35 bits per heavy atom. The van der Waals surface area contributed by atoms with Gasteiger partial charge in [0, 0.05) is 6.07 Å². The maximum atomic E-state index is 12.1. The van der Waals surface area contributed by atoms with Gasteiger partial charge in [0.05, 0.1) is 10.5 Å². The minimum Gasteiger partial charge on any atom is -0.480 e. The van der Waals surface area contributed by atoms with Crippen LogP contribution in [0, 0.1) is 0 Å². The Bertz CT molecular complexity index is 572. The number of nitrogens with one attached hydrogen (secondary N) is 1. The molecular formula is C14H15BrN2O3. The van der Waals surface area contributed by atoms with E-state index in [1.54, 1.807) is 19.1 Å². The smallest absolute Gasteiger partial charge is 0.261 e. The zero-order valence-corrected chi connectivity index (χ0v) is 12.8. The van der Waals surface area contributed by atoms with Crippen LogP contribution in [0.15, 0.2) is 45.6 Å². The average molecular weight is 339 g/mol. The highest BCUT2D eigenvalue weighted by atomic mass is 79.9. The number of hydrogen-bond acceptors (Lipinski definition) is 4. The van der Waals surface area contributed by atoms with E-state index in [1.807, 2.05) is 25.1 Å². The fourth-order valence-electron chi connectivity index (χ4n) is 1.63. The number of nitrogens with zero attached hydrogens (tertiary/aromatic N) is 1. The third-order valence-corrected chi connectivity index (χ3v) is 3.42. The van der Waals surface area contributed by atoms with Crippen LogP contribution in [0.4, 0.5) is 0 Å². The Kier molecular flexibility index (Phi) is 4.79. The lowest BCUT2D eigenvalue weighted by molar-refractivity contribution is -0.128. The van der Waals surface area contributed by atoms with Gasteiger partial charge in [-0.15, -0.1) is 0 Å². The van der Waals surface area contributed by atoms with E-state index in [1.165, 1.54) is 6.26 Å². The van der Waals surface area contributed by atoms with E-state index in [4.69, 9.17) is 9.26 Å². The zero-order chi connectivity index (χ0) is 14.5. The largest absolute Gasteiger partial charge is 0.480 e. The van der Waals surface area contributed by atoms with Crippen molar-refractivity contribution in [3.05, 3.63) is 46.8 Å². The Hall–Kier alpha value is -1.82. The van der Waals surface area contributed by atoms with E-state index in [2.05, 4.69) is 26.4 Å². The third kappa shape index (κ3) is 3.60. The molecule has 1 heterocycles. The number of aromatic nitrogens is 1. The summed E-state index contributed by atoms with van der Waals surface area (Å²) in [5, 5.41) is 6.61. The number of carbonyl (C=O) groups is 1. The van der Waals surface area contributed by atoms with Crippen molar-refractivity contribution in [1.82, 2.24) is 10.5 Å². The van der Waals surface area contributed by atoms with Gasteiger partial charge in [-0.05, 0) is 41.9 Å². The standard InChI is InChI=1S/C14H15BrN2O3/c1-9(12-7-8-19-17-12)16-14(18)10(2)20-13-6-4-3-5-11(13)15/h3-10H,1-2H3,(H,16,18)/t9-,10-/m0/s1. The third-order valence-electron chi connectivity index (χ3n) is 2.77. The molecule has 2 aromatic rings. The molecule has 0 bridgehead atoms. The van der Waals surface area contributed by atoms with Gasteiger partial charge in [0.1, 0.15) is 17.7 Å². The lowest BCUT2D eigenvalue weighted by Crippen LogP contribution is -2.37. The van der Waals surface area contributed by atoms with Gasteiger partial charge in [-0.2, -0.15) is 0 Å². The second-order valence-corrected chi connectivity index (χ2v) is 5.20. The number of para-hydroxylation sites is 1. The van der Waals surface area contributed by atoms with E-state index in [-0.39, 0.29) is 11.9 Å². The first-order valence-electron chi connectivity index (χ1n) is 6.19. The molecule has 0 spiro atoms. The topological polar surface area (TPSA) is 64.4 Å². The SMILES string of the molecule is C[C@H](Oc1ccccc1Br)C(=O)N[C@@H](C)c1ccon1. The summed E-state index contributed by atoms with van der Waals surface area (Å²) in [6.07, 6.45) is 0.863. The maximum absolute atomic E-state index is 12.1. The number of benzene rings is 1. The molecule has 1 N–H and O–H groups in total. The van der Waals surface area contributed by atoms with Gasteiger partial charge in [0.25, 0.3) is 5.91 Å². The quantitative estimate of drug-likeness (QED) is 0.909. The molecule has 6 heteroatoms. The minimum atomic E-state index is -0.608. The number of hydrogen-bond donors (Lipinski definition) is 1. The van der Waals surface area contributed by atoms with E-state index in [0.717, 1.165) is 4.47 Å². The first kappa shape index (κ1) is 14.6. The molecule has 0 aliphatic carbocycles. The highest BCUT2D eigenvalue weighted by Crippen LogP contribution is 2.24. The summed E-state index contributed by atoms with van der Waals surface area (Å²) in [5.41, 5.74) is 0.673. The number of amides is 1. The summed E-state index contributed by atoms with van der Waals surface area (Å²) in [7, 11) is 0. The Morgan fingerprint density at radius 3 is 2.75 bits per heavy atom. The maximum Gasteiger partial charge on any atom is 0.261 e. The first-order chi connectivity index (χ1) is 9.58. The molecule has 0 fully saturated rings. The molecule has 1 amide bonds. The molecule has 0 aliphatic heterocycles. The monoisotopic (exact) mass is 338 g/mol. The first-order valence-corrected chi connectivity index (χ1v) is 6.99. The highest BCUT2D eigenvalue weighted by molar-refractivity contribution is 9.10. The summed E-state index contributed by atoms with van der Waals surface area (Å²) in [6, 6.07) is 8.88. The second kappa shape index (κ2) is 6.56. The van der Waals surface area contributed by atoms with Gasteiger partial charge in [0.2, 0.25) is 0 Å². The number of halogens is 1. The molecule has 0 saturated carbocycles. The van der Waals surface area contributed by atoms with Crippen LogP contribution in [0.1, 0.15) is 25.6 Å². The van der Waals surface area contributed by atoms with Crippen molar-refractivity contribution < 1.29 is 14.1 Å². The van der Waals surface area contributed by atoms with Crippen molar-refractivity contribution in [2.45, 2.75) is 26.0 Å². The zero-order valence-electron chi connectivity index (χ0n) is 11.2. The molecule has 1 aromatic carbocycles. The molecule has 0 saturated heterocycles. The van der Waals surface area contributed by atoms with E-state index in [9.17, 15) is 4.79 Å². The van der Waals surface area contributed by atoms with E-state index >= 15 is 0 Å². The van der Waals surface area contributed by atoms with Crippen molar-refractivity contribution in [2.24, 2.45) is 0 Å². The summed E-state index contributed by atoms with van der Waals surface area (Å²) >= 11 is 3.38. The molecule has 106 valence electrons.